The summed E-state index contributed by atoms with van der Waals surface area (Å²) in [6.45, 7) is 8.93. The summed E-state index contributed by atoms with van der Waals surface area (Å²) >= 11 is 0. The van der Waals surface area contributed by atoms with Gasteiger partial charge in [-0.2, -0.15) is 5.10 Å². The number of hydrogen-bond donors (Lipinski definition) is 2. The van der Waals surface area contributed by atoms with E-state index in [0.29, 0.717) is 54.2 Å². The smallest absolute Gasteiger partial charge is 0.336 e. The molecule has 3 heterocycles. The summed E-state index contributed by atoms with van der Waals surface area (Å²) in [4.78, 5) is 44.5. The molecule has 50 heavy (non-hydrogen) atoms. The zero-order valence-corrected chi connectivity index (χ0v) is 30.4. The molecule has 12 nitrogen and oxygen atoms in total. The number of carboxylic acids is 1. The van der Waals surface area contributed by atoms with E-state index in [1.54, 1.807) is 51.2 Å². The van der Waals surface area contributed by atoms with Crippen LogP contribution in [0.1, 0.15) is 116 Å². The number of unbranched alkanes of at least 4 members (excludes halogenated alkanes) is 2. The molecule has 0 saturated heterocycles. The Morgan fingerprint density at radius 3 is 2.50 bits per heavy atom. The molecule has 0 spiro atoms. The number of rotatable bonds is 13. The Hall–Kier alpha value is -4.26. The highest BCUT2D eigenvalue weighted by molar-refractivity contribution is 7.90. The number of benzene rings is 1. The average molecular weight is 708 g/mol. The maximum absolute atomic E-state index is 13.8. The predicted octanol–water partition coefficient (Wildman–Crippen LogP) is 6.06. The Labute approximate surface area is 294 Å². The minimum Gasteiger partial charge on any atom is -0.478 e. The monoisotopic (exact) mass is 707 g/mol. The van der Waals surface area contributed by atoms with Gasteiger partial charge < -0.3 is 14.7 Å². The predicted molar refractivity (Wildman–Crippen MR) is 190 cm³/mol. The number of fused-ring (bicyclic) bond motifs is 1. The molecule has 2 aromatic heterocycles. The molecule has 0 unspecified atom stereocenters. The zero-order chi connectivity index (χ0) is 36.1. The lowest BCUT2D eigenvalue weighted by atomic mass is 9.89. The van der Waals surface area contributed by atoms with Crippen LogP contribution < -0.4 is 9.62 Å². The molecule has 1 fully saturated rings. The summed E-state index contributed by atoms with van der Waals surface area (Å²) in [6.07, 6.45) is 9.68. The Bertz CT molecular complexity index is 1820. The van der Waals surface area contributed by atoms with E-state index in [0.717, 1.165) is 30.6 Å². The lowest BCUT2D eigenvalue weighted by molar-refractivity contribution is -0.154. The Balaban J connectivity index is 1.37. The molecule has 0 bridgehead atoms. The fraction of sp³-hybridized carbons (Fsp3) is 0.541. The average Bonchev–Trinajstić information content (AvgIpc) is 3.42. The van der Waals surface area contributed by atoms with E-state index in [9.17, 15) is 27.9 Å². The van der Waals surface area contributed by atoms with E-state index in [2.05, 4.69) is 9.82 Å². The number of carbonyl (C=O) groups excluding carboxylic acids is 2. The number of amides is 1. The number of nitrogens with one attached hydrogen (secondary N) is 1. The normalized spacial score (nSPS) is 15.4. The van der Waals surface area contributed by atoms with Gasteiger partial charge in [0.15, 0.2) is 0 Å². The first-order chi connectivity index (χ1) is 23.7. The van der Waals surface area contributed by atoms with Gasteiger partial charge in [0.05, 0.1) is 17.5 Å². The van der Waals surface area contributed by atoms with Crippen LogP contribution >= 0.6 is 0 Å². The molecule has 2 N–H and O–H groups in total. The van der Waals surface area contributed by atoms with Crippen molar-refractivity contribution in [1.82, 2.24) is 19.5 Å². The minimum atomic E-state index is -4.03. The third-order valence-corrected chi connectivity index (χ3v) is 10.8. The molecule has 0 atom stereocenters. The summed E-state index contributed by atoms with van der Waals surface area (Å²) in [5.41, 5.74) is 3.27. The molecule has 2 aliphatic rings. The minimum absolute atomic E-state index is 0.0476. The standard InChI is InChI=1S/C37H49N5O7S/c1-25-30(22-38-42(25)23-26-12-7-5-8-13-26)28-17-18-32(41-20-19-27-14-11-15-29(36(45)46)31(27)24-41)39-34(28)35(44)40-50(47,48)21-10-6-9-16-33(43)49-37(2,3)4/h11,14-15,17-18,22,26H,5-10,12-13,16,19-21,23-24H2,1-4H3,(H,40,44)(H,45,46). The number of aromatic nitrogens is 3. The van der Waals surface area contributed by atoms with Crippen molar-refractivity contribution in [2.75, 3.05) is 17.2 Å². The number of sulfonamides is 1. The number of anilines is 1. The van der Waals surface area contributed by atoms with Crippen LogP contribution in [-0.2, 0) is 39.1 Å². The quantitative estimate of drug-likeness (QED) is 0.158. The first kappa shape index (κ1) is 37.0. The van der Waals surface area contributed by atoms with Crippen LogP contribution in [0.2, 0.25) is 0 Å². The van der Waals surface area contributed by atoms with Crippen molar-refractivity contribution in [3.05, 3.63) is 64.6 Å². The molecule has 1 aliphatic carbocycles. The summed E-state index contributed by atoms with van der Waals surface area (Å²) in [5, 5.41) is 14.5. The van der Waals surface area contributed by atoms with Gasteiger partial charge in [0, 0.05) is 42.9 Å². The fourth-order valence-electron chi connectivity index (χ4n) is 6.87. The van der Waals surface area contributed by atoms with E-state index in [1.165, 1.54) is 19.3 Å². The number of esters is 1. The molecule has 1 amide bonds. The van der Waals surface area contributed by atoms with E-state index < -0.39 is 27.5 Å². The van der Waals surface area contributed by atoms with E-state index in [1.807, 2.05) is 22.6 Å². The van der Waals surface area contributed by atoms with Gasteiger partial charge in [-0.15, -0.1) is 0 Å². The van der Waals surface area contributed by atoms with E-state index >= 15 is 0 Å². The van der Waals surface area contributed by atoms with Gasteiger partial charge in [-0.25, -0.2) is 22.9 Å². The van der Waals surface area contributed by atoms with Gasteiger partial charge in [0.25, 0.3) is 5.91 Å². The van der Waals surface area contributed by atoms with Gasteiger partial charge in [-0.3, -0.25) is 14.3 Å². The van der Waals surface area contributed by atoms with E-state index in [-0.39, 0.29) is 42.4 Å². The molecule has 5 rings (SSSR count). The van der Waals surface area contributed by atoms with Crippen LogP contribution in [0.5, 0.6) is 0 Å². The highest BCUT2D eigenvalue weighted by Gasteiger charge is 2.27. The van der Waals surface area contributed by atoms with Crippen molar-refractivity contribution in [3.63, 3.8) is 0 Å². The summed E-state index contributed by atoms with van der Waals surface area (Å²) in [6, 6.07) is 8.80. The number of ether oxygens (including phenoxy) is 1. The zero-order valence-electron chi connectivity index (χ0n) is 29.5. The Morgan fingerprint density at radius 1 is 1.02 bits per heavy atom. The molecule has 13 heteroatoms. The molecule has 1 aromatic carbocycles. The molecule has 270 valence electrons. The van der Waals surface area contributed by atoms with Crippen molar-refractivity contribution in [2.24, 2.45) is 5.92 Å². The number of aromatic carboxylic acids is 1. The van der Waals surface area contributed by atoms with Crippen LogP contribution in [0.3, 0.4) is 0 Å². The first-order valence-corrected chi connectivity index (χ1v) is 19.3. The number of hydrogen-bond acceptors (Lipinski definition) is 9. The van der Waals surface area contributed by atoms with Crippen molar-refractivity contribution in [2.45, 2.75) is 111 Å². The van der Waals surface area contributed by atoms with Crippen molar-refractivity contribution in [1.29, 1.82) is 0 Å². The van der Waals surface area contributed by atoms with Crippen molar-refractivity contribution >= 4 is 33.7 Å². The summed E-state index contributed by atoms with van der Waals surface area (Å²) in [7, 11) is -4.03. The van der Waals surface area contributed by atoms with E-state index in [4.69, 9.17) is 9.72 Å². The Morgan fingerprint density at radius 2 is 1.78 bits per heavy atom. The summed E-state index contributed by atoms with van der Waals surface area (Å²) < 4.78 is 35.8. The largest absolute Gasteiger partial charge is 0.478 e. The number of carbonyl (C=O) groups is 3. The van der Waals surface area contributed by atoms with Gasteiger partial charge in [0.2, 0.25) is 10.0 Å². The fourth-order valence-corrected chi connectivity index (χ4v) is 7.94. The second-order valence-corrected chi connectivity index (χ2v) is 16.3. The maximum atomic E-state index is 13.8. The van der Waals surface area contributed by atoms with Crippen LogP contribution in [0.4, 0.5) is 5.82 Å². The second kappa shape index (κ2) is 15.7. The molecule has 0 radical (unpaired) electrons. The number of pyridine rings is 1. The Kier molecular flexibility index (Phi) is 11.7. The van der Waals surface area contributed by atoms with Crippen LogP contribution in [0.25, 0.3) is 11.1 Å². The lowest BCUT2D eigenvalue weighted by Crippen LogP contribution is -2.35. The summed E-state index contributed by atoms with van der Waals surface area (Å²) in [5.74, 6) is -1.51. The topological polar surface area (TPSA) is 161 Å². The molecule has 1 aliphatic heterocycles. The maximum Gasteiger partial charge on any atom is 0.336 e. The van der Waals surface area contributed by atoms with Crippen molar-refractivity contribution in [3.8, 4) is 11.1 Å². The van der Waals surface area contributed by atoms with Crippen LogP contribution in [0, 0.1) is 12.8 Å². The molecule has 1 saturated carbocycles. The third-order valence-electron chi connectivity index (χ3n) is 9.43. The van der Waals surface area contributed by atoms with Crippen LogP contribution in [-0.4, -0.2) is 64.0 Å². The lowest BCUT2D eigenvalue weighted by Gasteiger charge is -2.31. The third kappa shape index (κ3) is 9.49. The van der Waals surface area contributed by atoms with Gasteiger partial charge in [-0.1, -0.05) is 37.8 Å². The highest BCUT2D eigenvalue weighted by atomic mass is 32.2. The van der Waals surface area contributed by atoms with Crippen LogP contribution in [0.15, 0.2) is 36.5 Å². The second-order valence-electron chi connectivity index (χ2n) is 14.5. The SMILES string of the molecule is Cc1c(-c2ccc(N3CCc4cccc(C(=O)O)c4C3)nc2C(=O)NS(=O)(=O)CCCCCC(=O)OC(C)(C)C)cnn1CC1CCCCC1. The van der Waals surface area contributed by atoms with Gasteiger partial charge >= 0.3 is 11.9 Å². The van der Waals surface area contributed by atoms with Gasteiger partial charge in [-0.05, 0) is 95.0 Å². The van der Waals surface area contributed by atoms with Crippen molar-refractivity contribution < 1.29 is 32.6 Å². The highest BCUT2D eigenvalue weighted by Crippen LogP contribution is 2.32. The first-order valence-electron chi connectivity index (χ1n) is 17.6. The number of nitrogens with zero attached hydrogens (tertiary/aromatic N) is 4. The molecular formula is C37H49N5O7S. The molecular weight excluding hydrogens is 659 g/mol. The van der Waals surface area contributed by atoms with Gasteiger partial charge in [0.1, 0.15) is 17.1 Å². The number of carboxylic acid groups (broad SMARTS) is 1. The molecule has 3 aromatic rings.